The number of thiocarbonyl (C=S) groups is 1. The maximum absolute atomic E-state index is 11.8. The summed E-state index contributed by atoms with van der Waals surface area (Å²) in [6, 6.07) is 12.5. The molecule has 2 rings (SSSR count). The molecular formula is C19H18N4O6S. The number of nitro benzene ring substituents is 1. The van der Waals surface area contributed by atoms with E-state index in [9.17, 15) is 19.7 Å². The van der Waals surface area contributed by atoms with Crippen molar-refractivity contribution in [2.24, 2.45) is 0 Å². The Kier molecular flexibility index (Phi) is 8.27. The lowest BCUT2D eigenvalue weighted by atomic mass is 10.2. The van der Waals surface area contributed by atoms with Crippen molar-refractivity contribution in [1.82, 2.24) is 16.2 Å². The second-order valence-electron chi connectivity index (χ2n) is 5.64. The zero-order valence-electron chi connectivity index (χ0n) is 15.8. The minimum Gasteiger partial charge on any atom is -0.497 e. The summed E-state index contributed by atoms with van der Waals surface area (Å²) in [5.74, 6) is 0.0412. The molecule has 0 bridgehead atoms. The van der Waals surface area contributed by atoms with Crippen molar-refractivity contribution in [3.8, 4) is 11.5 Å². The number of hydrazine groups is 1. The monoisotopic (exact) mass is 430 g/mol. The van der Waals surface area contributed by atoms with Crippen LogP contribution in [0.2, 0.25) is 0 Å². The SMILES string of the molecule is COc1ccc(OCC(=O)NNC(=S)NC(=O)/C=C/c2cccc([N+](=O)[O-])c2)cc1. The number of non-ortho nitro benzene ring substituents is 1. The average Bonchev–Trinajstić information content (AvgIpc) is 2.75. The van der Waals surface area contributed by atoms with E-state index in [-0.39, 0.29) is 17.4 Å². The Morgan fingerprint density at radius 1 is 1.13 bits per heavy atom. The number of nitro groups is 1. The lowest BCUT2D eigenvalue weighted by Gasteiger charge is -2.10. The molecule has 2 aromatic carbocycles. The van der Waals surface area contributed by atoms with E-state index >= 15 is 0 Å². The summed E-state index contributed by atoms with van der Waals surface area (Å²) in [4.78, 5) is 33.8. The number of rotatable bonds is 7. The van der Waals surface area contributed by atoms with Gasteiger partial charge < -0.3 is 9.47 Å². The van der Waals surface area contributed by atoms with Crippen molar-refractivity contribution < 1.29 is 24.0 Å². The molecule has 11 heteroatoms. The third-order valence-corrected chi connectivity index (χ3v) is 3.69. The quantitative estimate of drug-likeness (QED) is 0.262. The van der Waals surface area contributed by atoms with Gasteiger partial charge >= 0.3 is 0 Å². The van der Waals surface area contributed by atoms with Crippen LogP contribution in [-0.2, 0) is 9.59 Å². The lowest BCUT2D eigenvalue weighted by molar-refractivity contribution is -0.384. The molecule has 0 saturated heterocycles. The van der Waals surface area contributed by atoms with Crippen LogP contribution in [0.4, 0.5) is 5.69 Å². The normalized spacial score (nSPS) is 10.2. The smallest absolute Gasteiger partial charge is 0.276 e. The summed E-state index contributed by atoms with van der Waals surface area (Å²) < 4.78 is 10.3. The Morgan fingerprint density at radius 2 is 1.83 bits per heavy atom. The van der Waals surface area contributed by atoms with Gasteiger partial charge in [-0.3, -0.25) is 35.9 Å². The highest BCUT2D eigenvalue weighted by atomic mass is 32.1. The van der Waals surface area contributed by atoms with E-state index < -0.39 is 16.7 Å². The fourth-order valence-corrected chi connectivity index (χ4v) is 2.23. The zero-order chi connectivity index (χ0) is 21.9. The number of methoxy groups -OCH3 is 1. The molecule has 0 saturated carbocycles. The first-order chi connectivity index (χ1) is 14.4. The van der Waals surface area contributed by atoms with Gasteiger partial charge in [0.2, 0.25) is 5.91 Å². The summed E-state index contributed by atoms with van der Waals surface area (Å²) in [5, 5.41) is 12.9. The Balaban J connectivity index is 1.72. The molecule has 0 unspecified atom stereocenters. The molecule has 10 nitrogen and oxygen atoms in total. The number of carbonyl (C=O) groups is 2. The van der Waals surface area contributed by atoms with Crippen LogP contribution in [0.25, 0.3) is 6.08 Å². The molecule has 156 valence electrons. The maximum Gasteiger partial charge on any atom is 0.276 e. The average molecular weight is 430 g/mol. The molecule has 0 atom stereocenters. The van der Waals surface area contributed by atoms with Gasteiger partial charge in [-0.25, -0.2) is 0 Å². The molecule has 0 aromatic heterocycles. The molecule has 3 N–H and O–H groups in total. The van der Waals surface area contributed by atoms with E-state index in [1.165, 1.54) is 24.3 Å². The fraction of sp³-hybridized carbons (Fsp3) is 0.105. The van der Waals surface area contributed by atoms with Crippen molar-refractivity contribution in [1.29, 1.82) is 0 Å². The van der Waals surface area contributed by atoms with Crippen LogP contribution in [0, 0.1) is 10.1 Å². The molecule has 0 aliphatic rings. The van der Waals surface area contributed by atoms with E-state index in [2.05, 4.69) is 16.2 Å². The third kappa shape index (κ3) is 7.56. The van der Waals surface area contributed by atoms with E-state index in [0.29, 0.717) is 17.1 Å². The maximum atomic E-state index is 11.8. The second kappa shape index (κ2) is 11.1. The van der Waals surface area contributed by atoms with Crippen molar-refractivity contribution >= 4 is 40.9 Å². The van der Waals surface area contributed by atoms with Crippen molar-refractivity contribution in [3.63, 3.8) is 0 Å². The zero-order valence-corrected chi connectivity index (χ0v) is 16.6. The predicted molar refractivity (Wildman–Crippen MR) is 113 cm³/mol. The third-order valence-electron chi connectivity index (χ3n) is 3.49. The van der Waals surface area contributed by atoms with Gasteiger partial charge in [0.15, 0.2) is 11.7 Å². The van der Waals surface area contributed by atoms with Crippen LogP contribution in [-0.4, -0.2) is 35.6 Å². The van der Waals surface area contributed by atoms with Crippen LogP contribution in [0.5, 0.6) is 11.5 Å². The number of ether oxygens (including phenoxy) is 2. The molecule has 0 aliphatic heterocycles. The number of carbonyl (C=O) groups excluding carboxylic acids is 2. The molecule has 2 amide bonds. The van der Waals surface area contributed by atoms with Crippen LogP contribution >= 0.6 is 12.2 Å². The minimum absolute atomic E-state index is 0.0886. The Labute approximate surface area is 177 Å². The van der Waals surface area contributed by atoms with Gasteiger partial charge in [-0.2, -0.15) is 0 Å². The van der Waals surface area contributed by atoms with Crippen LogP contribution in [0.1, 0.15) is 5.56 Å². The van der Waals surface area contributed by atoms with Gasteiger partial charge in [-0.05, 0) is 48.1 Å². The molecule has 0 fully saturated rings. The van der Waals surface area contributed by atoms with Gasteiger partial charge in [0.1, 0.15) is 11.5 Å². The predicted octanol–water partition coefficient (Wildman–Crippen LogP) is 1.72. The molecule has 0 heterocycles. The van der Waals surface area contributed by atoms with Gasteiger partial charge in [0.25, 0.3) is 11.6 Å². The molecule has 0 radical (unpaired) electrons. The Morgan fingerprint density at radius 3 is 2.50 bits per heavy atom. The summed E-state index contributed by atoms with van der Waals surface area (Å²) >= 11 is 4.90. The first kappa shape index (κ1) is 22.3. The van der Waals surface area contributed by atoms with E-state index in [1.54, 1.807) is 37.4 Å². The van der Waals surface area contributed by atoms with Crippen molar-refractivity contribution in [3.05, 3.63) is 70.3 Å². The van der Waals surface area contributed by atoms with E-state index in [0.717, 1.165) is 6.08 Å². The number of hydrogen-bond donors (Lipinski definition) is 3. The summed E-state index contributed by atoms with van der Waals surface area (Å²) in [6.45, 7) is -0.275. The van der Waals surface area contributed by atoms with Crippen LogP contribution in [0.15, 0.2) is 54.6 Å². The number of nitrogens with zero attached hydrogens (tertiary/aromatic N) is 1. The van der Waals surface area contributed by atoms with Gasteiger partial charge in [0, 0.05) is 18.2 Å². The van der Waals surface area contributed by atoms with Gasteiger partial charge in [0.05, 0.1) is 12.0 Å². The largest absolute Gasteiger partial charge is 0.497 e. The highest BCUT2D eigenvalue weighted by molar-refractivity contribution is 7.80. The fourth-order valence-electron chi connectivity index (χ4n) is 2.08. The molecule has 30 heavy (non-hydrogen) atoms. The first-order valence-electron chi connectivity index (χ1n) is 8.46. The molecule has 0 aliphatic carbocycles. The van der Waals surface area contributed by atoms with Gasteiger partial charge in [-0.15, -0.1) is 0 Å². The van der Waals surface area contributed by atoms with E-state index in [4.69, 9.17) is 21.7 Å². The summed E-state index contributed by atoms with van der Waals surface area (Å²) in [5.41, 5.74) is 5.03. The van der Waals surface area contributed by atoms with Crippen LogP contribution in [0.3, 0.4) is 0 Å². The topological polar surface area (TPSA) is 132 Å². The molecular weight excluding hydrogens is 412 g/mol. The Hall–Kier alpha value is -3.99. The summed E-state index contributed by atoms with van der Waals surface area (Å²) in [7, 11) is 1.54. The second-order valence-corrected chi connectivity index (χ2v) is 6.05. The van der Waals surface area contributed by atoms with Crippen LogP contribution < -0.4 is 25.6 Å². The highest BCUT2D eigenvalue weighted by Gasteiger charge is 2.07. The first-order valence-corrected chi connectivity index (χ1v) is 8.87. The minimum atomic E-state index is -0.581. The van der Waals surface area contributed by atoms with Crippen molar-refractivity contribution in [2.45, 2.75) is 0 Å². The lowest BCUT2D eigenvalue weighted by Crippen LogP contribution is -2.49. The number of amides is 2. The number of hydrogen-bond acceptors (Lipinski definition) is 7. The summed E-state index contributed by atoms with van der Waals surface area (Å²) in [6.07, 6.45) is 2.55. The van der Waals surface area contributed by atoms with Gasteiger partial charge in [-0.1, -0.05) is 12.1 Å². The highest BCUT2D eigenvalue weighted by Crippen LogP contribution is 2.16. The standard InChI is InChI=1S/C19H18N4O6S/c1-28-15-6-8-16(9-7-15)29-12-18(25)21-22-19(30)20-17(24)10-5-13-3-2-4-14(11-13)23(26)27/h2-11H,12H2,1H3,(H,21,25)(H2,20,22,24,30)/b10-5+. The van der Waals surface area contributed by atoms with E-state index in [1.807, 2.05) is 0 Å². The Bertz CT molecular complexity index is 962. The molecule has 2 aromatic rings. The number of nitrogens with one attached hydrogen (secondary N) is 3. The number of benzene rings is 2. The van der Waals surface area contributed by atoms with Crippen molar-refractivity contribution in [2.75, 3.05) is 13.7 Å². The molecule has 0 spiro atoms.